The predicted molar refractivity (Wildman–Crippen MR) is 111 cm³/mol. The van der Waals surface area contributed by atoms with Crippen LogP contribution in [0, 0.1) is 20.8 Å². The van der Waals surface area contributed by atoms with Gasteiger partial charge in [-0.15, -0.1) is 0 Å². The van der Waals surface area contributed by atoms with Gasteiger partial charge in [-0.2, -0.15) is 0 Å². The Bertz CT molecular complexity index is 978. The van der Waals surface area contributed by atoms with Crippen molar-refractivity contribution in [2.24, 2.45) is 0 Å². The predicted octanol–water partition coefficient (Wildman–Crippen LogP) is 3.79. The fraction of sp³-hybridized carbons (Fsp3) is 0.286. The van der Waals surface area contributed by atoms with Gasteiger partial charge >= 0.3 is 0 Å². The molecule has 3 aromatic heterocycles. The first-order valence-corrected chi connectivity index (χ1v) is 9.44. The molecular formula is C21H23N5S. The molecule has 0 radical (unpaired) electrons. The van der Waals surface area contributed by atoms with Gasteiger partial charge in [0.1, 0.15) is 5.82 Å². The first kappa shape index (κ1) is 17.7. The van der Waals surface area contributed by atoms with Crippen molar-refractivity contribution < 1.29 is 0 Å². The number of nitrogens with one attached hydrogen (secondary N) is 1. The van der Waals surface area contributed by atoms with Gasteiger partial charge < -0.3 is 14.8 Å². The van der Waals surface area contributed by atoms with Crippen LogP contribution in [0.25, 0.3) is 5.82 Å². The minimum atomic E-state index is 0.0172. The second kappa shape index (κ2) is 6.78. The molecule has 2 atom stereocenters. The van der Waals surface area contributed by atoms with Crippen LogP contribution in [0.3, 0.4) is 0 Å². The Balaban J connectivity index is 1.81. The molecule has 0 amide bonds. The summed E-state index contributed by atoms with van der Waals surface area (Å²) in [5.74, 6) is 0.937. The molecule has 5 nitrogen and oxygen atoms in total. The van der Waals surface area contributed by atoms with Gasteiger partial charge in [0, 0.05) is 30.8 Å². The molecule has 138 valence electrons. The van der Waals surface area contributed by atoms with E-state index in [9.17, 15) is 0 Å². The van der Waals surface area contributed by atoms with Crippen molar-refractivity contribution in [2.75, 3.05) is 7.05 Å². The molecule has 0 aromatic carbocycles. The zero-order valence-electron chi connectivity index (χ0n) is 16.0. The van der Waals surface area contributed by atoms with E-state index < -0.39 is 0 Å². The number of aromatic nitrogens is 3. The minimum absolute atomic E-state index is 0.0172. The zero-order chi connectivity index (χ0) is 19.1. The Hall–Kier alpha value is -2.73. The van der Waals surface area contributed by atoms with E-state index in [2.05, 4.69) is 63.7 Å². The van der Waals surface area contributed by atoms with Gasteiger partial charge in [0.15, 0.2) is 5.11 Å². The number of nitrogens with zero attached hydrogens (tertiary/aromatic N) is 4. The average Bonchev–Trinajstić information content (AvgIpc) is 3.12. The lowest BCUT2D eigenvalue weighted by Gasteiger charge is -2.24. The number of rotatable bonds is 3. The molecule has 1 aliphatic heterocycles. The molecule has 0 unspecified atom stereocenters. The summed E-state index contributed by atoms with van der Waals surface area (Å²) >= 11 is 5.55. The van der Waals surface area contributed by atoms with Crippen molar-refractivity contribution in [1.29, 1.82) is 0 Å². The van der Waals surface area contributed by atoms with Gasteiger partial charge in [-0.3, -0.25) is 4.98 Å². The molecule has 1 fully saturated rings. The molecule has 4 heterocycles. The fourth-order valence-corrected chi connectivity index (χ4v) is 4.12. The van der Waals surface area contributed by atoms with E-state index in [-0.39, 0.29) is 12.1 Å². The van der Waals surface area contributed by atoms with Crippen LogP contribution in [0.5, 0.6) is 0 Å². The second-order valence-corrected chi connectivity index (χ2v) is 7.48. The number of pyridine rings is 2. The number of likely N-dealkylation sites (N-methyl/N-ethyl adjacent to an activating group) is 1. The molecule has 0 spiro atoms. The topological polar surface area (TPSA) is 46.0 Å². The van der Waals surface area contributed by atoms with Crippen LogP contribution in [0.1, 0.15) is 40.3 Å². The van der Waals surface area contributed by atoms with Crippen LogP contribution < -0.4 is 5.32 Å². The summed E-state index contributed by atoms with van der Waals surface area (Å²) in [5.41, 5.74) is 5.72. The maximum absolute atomic E-state index is 5.55. The van der Waals surface area contributed by atoms with E-state index in [0.717, 1.165) is 27.9 Å². The standard InChI is InChI=1S/C21H23N5S/c1-13-8-9-18(23-12-13)26-14(2)11-16(15(26)3)20-19(24-21(27)25(20)4)17-7-5-6-10-22-17/h5-12,19-20H,1-4H3,(H,24,27)/t19-,20+/m0/s1. The Kier molecular flexibility index (Phi) is 4.44. The monoisotopic (exact) mass is 377 g/mol. The van der Waals surface area contributed by atoms with E-state index in [1.807, 2.05) is 37.6 Å². The lowest BCUT2D eigenvalue weighted by molar-refractivity contribution is 0.367. The van der Waals surface area contributed by atoms with E-state index in [0.29, 0.717) is 0 Å². The van der Waals surface area contributed by atoms with Crippen LogP contribution in [0.15, 0.2) is 48.8 Å². The molecule has 4 rings (SSSR count). The van der Waals surface area contributed by atoms with Gasteiger partial charge in [-0.1, -0.05) is 12.1 Å². The number of thiocarbonyl (C=S) groups is 1. The van der Waals surface area contributed by atoms with Gasteiger partial charge in [0.25, 0.3) is 0 Å². The normalized spacial score (nSPS) is 19.4. The summed E-state index contributed by atoms with van der Waals surface area (Å²) in [6.45, 7) is 6.32. The number of hydrogen-bond acceptors (Lipinski definition) is 3. The zero-order valence-corrected chi connectivity index (χ0v) is 16.8. The third-order valence-corrected chi connectivity index (χ3v) is 5.66. The summed E-state index contributed by atoms with van der Waals surface area (Å²) in [4.78, 5) is 11.3. The second-order valence-electron chi connectivity index (χ2n) is 7.09. The minimum Gasteiger partial charge on any atom is -0.352 e. The lowest BCUT2D eigenvalue weighted by atomic mass is 9.97. The molecule has 0 aliphatic carbocycles. The van der Waals surface area contributed by atoms with Crippen LogP contribution >= 0.6 is 12.2 Å². The molecule has 27 heavy (non-hydrogen) atoms. The molecule has 0 bridgehead atoms. The first-order valence-electron chi connectivity index (χ1n) is 9.03. The SMILES string of the molecule is Cc1ccc(-n2c(C)cc([C@@H]3[C@H](c4ccccn4)NC(=S)N3C)c2C)nc1. The average molecular weight is 378 g/mol. The van der Waals surface area contributed by atoms with Crippen molar-refractivity contribution in [3.8, 4) is 5.82 Å². The fourth-order valence-electron chi connectivity index (χ4n) is 3.88. The maximum Gasteiger partial charge on any atom is 0.169 e. The highest BCUT2D eigenvalue weighted by atomic mass is 32.1. The van der Waals surface area contributed by atoms with E-state index in [1.54, 1.807) is 0 Å². The molecule has 1 N–H and O–H groups in total. The Morgan fingerprint density at radius 3 is 2.56 bits per heavy atom. The summed E-state index contributed by atoms with van der Waals surface area (Å²) < 4.78 is 2.21. The summed E-state index contributed by atoms with van der Waals surface area (Å²) in [5, 5.41) is 4.19. The smallest absolute Gasteiger partial charge is 0.169 e. The van der Waals surface area contributed by atoms with Crippen molar-refractivity contribution >= 4 is 17.3 Å². The largest absolute Gasteiger partial charge is 0.352 e. The van der Waals surface area contributed by atoms with Crippen LogP contribution in [0.4, 0.5) is 0 Å². The van der Waals surface area contributed by atoms with E-state index in [1.165, 1.54) is 11.3 Å². The molecule has 6 heteroatoms. The van der Waals surface area contributed by atoms with Crippen LogP contribution in [0.2, 0.25) is 0 Å². The van der Waals surface area contributed by atoms with Crippen molar-refractivity contribution in [2.45, 2.75) is 32.9 Å². The first-order chi connectivity index (χ1) is 13.0. The van der Waals surface area contributed by atoms with Crippen molar-refractivity contribution in [1.82, 2.24) is 24.8 Å². The molecule has 0 saturated carbocycles. The third kappa shape index (κ3) is 3.00. The summed E-state index contributed by atoms with van der Waals surface area (Å²) in [6, 6.07) is 12.5. The van der Waals surface area contributed by atoms with Gasteiger partial charge in [-0.25, -0.2) is 4.98 Å². The lowest BCUT2D eigenvalue weighted by Crippen LogP contribution is -2.25. The number of hydrogen-bond donors (Lipinski definition) is 1. The maximum atomic E-state index is 5.55. The van der Waals surface area contributed by atoms with Crippen LogP contribution in [-0.4, -0.2) is 31.6 Å². The van der Waals surface area contributed by atoms with Gasteiger partial charge in [0.05, 0.1) is 17.8 Å². The van der Waals surface area contributed by atoms with E-state index >= 15 is 0 Å². The quantitative estimate of drug-likeness (QED) is 0.704. The van der Waals surface area contributed by atoms with Gasteiger partial charge in [0.2, 0.25) is 0 Å². The highest BCUT2D eigenvalue weighted by molar-refractivity contribution is 7.80. The Morgan fingerprint density at radius 1 is 1.07 bits per heavy atom. The molecule has 1 saturated heterocycles. The molecular weight excluding hydrogens is 354 g/mol. The molecule has 1 aliphatic rings. The Morgan fingerprint density at radius 2 is 1.89 bits per heavy atom. The van der Waals surface area contributed by atoms with Crippen molar-refractivity contribution in [3.05, 3.63) is 77.0 Å². The number of aryl methyl sites for hydroxylation is 2. The Labute approximate surface area is 165 Å². The highest BCUT2D eigenvalue weighted by Gasteiger charge is 2.39. The third-order valence-electron chi connectivity index (χ3n) is 5.25. The van der Waals surface area contributed by atoms with E-state index in [4.69, 9.17) is 12.2 Å². The van der Waals surface area contributed by atoms with Gasteiger partial charge in [-0.05, 0) is 68.4 Å². The summed E-state index contributed by atoms with van der Waals surface area (Å²) in [7, 11) is 2.04. The molecule has 3 aromatic rings. The van der Waals surface area contributed by atoms with Crippen LogP contribution in [-0.2, 0) is 0 Å². The van der Waals surface area contributed by atoms with Crippen molar-refractivity contribution in [3.63, 3.8) is 0 Å². The highest BCUT2D eigenvalue weighted by Crippen LogP contribution is 2.40. The summed E-state index contributed by atoms with van der Waals surface area (Å²) in [6.07, 6.45) is 3.73.